The van der Waals surface area contributed by atoms with Crippen LogP contribution in [0.4, 0.5) is 5.69 Å². The van der Waals surface area contributed by atoms with Crippen LogP contribution in [0, 0.1) is 0 Å². The van der Waals surface area contributed by atoms with E-state index in [1.165, 1.54) is 12.0 Å². The molecule has 3 rings (SSSR count). The zero-order valence-electron chi connectivity index (χ0n) is 18.7. The molecule has 0 unspecified atom stereocenters. The Labute approximate surface area is 182 Å². The Morgan fingerprint density at radius 1 is 0.839 bits per heavy atom. The summed E-state index contributed by atoms with van der Waals surface area (Å²) in [6, 6.07) is 12.1. The van der Waals surface area contributed by atoms with E-state index in [1.807, 2.05) is 27.7 Å². The number of imide groups is 1. The molecule has 2 aromatic carbocycles. The molecule has 1 N–H and O–H groups in total. The summed E-state index contributed by atoms with van der Waals surface area (Å²) in [4.78, 5) is 27.6. The highest BCUT2D eigenvalue weighted by Crippen LogP contribution is 2.35. The minimum absolute atomic E-state index is 0.0402. The first kappa shape index (κ1) is 22.2. The molecule has 2 amide bonds. The number of hydrogen-bond donors (Lipinski definition) is 1. The van der Waals surface area contributed by atoms with Crippen LogP contribution in [0.1, 0.15) is 33.3 Å². The Morgan fingerprint density at radius 3 is 2.03 bits per heavy atom. The van der Waals surface area contributed by atoms with Crippen molar-refractivity contribution in [3.8, 4) is 17.2 Å². The van der Waals surface area contributed by atoms with Crippen molar-refractivity contribution in [3.63, 3.8) is 0 Å². The van der Waals surface area contributed by atoms with Crippen LogP contribution in [0.25, 0.3) is 5.57 Å². The largest absolute Gasteiger partial charge is 0.493 e. The maximum absolute atomic E-state index is 13.2. The molecule has 31 heavy (non-hydrogen) atoms. The number of hydrogen-bond acceptors (Lipinski definition) is 6. The van der Waals surface area contributed by atoms with E-state index in [0.29, 0.717) is 34.1 Å². The molecular weight excluding hydrogens is 396 g/mol. The number of carbonyl (C=O) groups is 2. The molecule has 1 aliphatic heterocycles. The van der Waals surface area contributed by atoms with Gasteiger partial charge < -0.3 is 19.5 Å². The van der Waals surface area contributed by atoms with Gasteiger partial charge in [0.15, 0.2) is 11.5 Å². The van der Waals surface area contributed by atoms with Gasteiger partial charge in [-0.05, 0) is 57.5 Å². The standard InChI is InChI=1S/C24H28N2O5/c1-14(2)26-23(27)21(16-7-10-18(11-8-16)31-15(3)4)22(24(26)28)25-17-9-12-19(29-5)20(13-17)30-6/h7-15,25H,1-6H3. The Bertz CT molecular complexity index is 1010. The van der Waals surface area contributed by atoms with E-state index in [2.05, 4.69) is 5.32 Å². The summed E-state index contributed by atoms with van der Waals surface area (Å²) in [5.41, 5.74) is 1.80. The van der Waals surface area contributed by atoms with Gasteiger partial charge in [0, 0.05) is 17.8 Å². The van der Waals surface area contributed by atoms with Gasteiger partial charge in [0.25, 0.3) is 11.8 Å². The van der Waals surface area contributed by atoms with Crippen LogP contribution in [-0.4, -0.2) is 43.1 Å². The average molecular weight is 424 g/mol. The first-order valence-electron chi connectivity index (χ1n) is 10.1. The minimum atomic E-state index is -0.368. The molecule has 7 heteroatoms. The molecular formula is C24H28N2O5. The lowest BCUT2D eigenvalue weighted by molar-refractivity contribution is -0.138. The highest BCUT2D eigenvalue weighted by Gasteiger charge is 2.40. The molecule has 0 saturated heterocycles. The van der Waals surface area contributed by atoms with Gasteiger partial charge in [0.05, 0.1) is 25.9 Å². The van der Waals surface area contributed by atoms with Crippen molar-refractivity contribution < 1.29 is 23.8 Å². The van der Waals surface area contributed by atoms with E-state index < -0.39 is 0 Å². The highest BCUT2D eigenvalue weighted by atomic mass is 16.5. The second-order valence-electron chi connectivity index (χ2n) is 7.71. The highest BCUT2D eigenvalue weighted by molar-refractivity contribution is 6.36. The maximum Gasteiger partial charge on any atom is 0.278 e. The van der Waals surface area contributed by atoms with Crippen molar-refractivity contribution in [1.29, 1.82) is 0 Å². The maximum atomic E-state index is 13.2. The zero-order chi connectivity index (χ0) is 22.7. The van der Waals surface area contributed by atoms with Gasteiger partial charge in [-0.2, -0.15) is 0 Å². The molecule has 0 spiro atoms. The van der Waals surface area contributed by atoms with Crippen molar-refractivity contribution in [2.24, 2.45) is 0 Å². The van der Waals surface area contributed by atoms with Gasteiger partial charge >= 0.3 is 0 Å². The number of benzene rings is 2. The van der Waals surface area contributed by atoms with Crippen molar-refractivity contribution in [2.45, 2.75) is 39.8 Å². The van der Waals surface area contributed by atoms with Crippen LogP contribution in [-0.2, 0) is 9.59 Å². The summed E-state index contributed by atoms with van der Waals surface area (Å²) in [6.45, 7) is 7.52. The summed E-state index contributed by atoms with van der Waals surface area (Å²) in [5, 5.41) is 3.13. The summed E-state index contributed by atoms with van der Waals surface area (Å²) < 4.78 is 16.3. The van der Waals surface area contributed by atoms with E-state index in [1.54, 1.807) is 49.6 Å². The number of anilines is 1. The van der Waals surface area contributed by atoms with Crippen molar-refractivity contribution in [1.82, 2.24) is 4.90 Å². The lowest BCUT2D eigenvalue weighted by Crippen LogP contribution is -2.38. The summed E-state index contributed by atoms with van der Waals surface area (Å²) in [6.07, 6.45) is 0.0402. The van der Waals surface area contributed by atoms with Crippen LogP contribution >= 0.6 is 0 Å². The molecule has 0 atom stereocenters. The van der Waals surface area contributed by atoms with Gasteiger partial charge in [-0.1, -0.05) is 12.1 Å². The smallest absolute Gasteiger partial charge is 0.278 e. The van der Waals surface area contributed by atoms with Crippen LogP contribution in [0.15, 0.2) is 48.2 Å². The molecule has 7 nitrogen and oxygen atoms in total. The number of amides is 2. The Balaban J connectivity index is 2.04. The van der Waals surface area contributed by atoms with E-state index in [4.69, 9.17) is 14.2 Å². The van der Waals surface area contributed by atoms with Crippen LogP contribution < -0.4 is 19.5 Å². The molecule has 1 aliphatic rings. The van der Waals surface area contributed by atoms with E-state index in [9.17, 15) is 9.59 Å². The zero-order valence-corrected chi connectivity index (χ0v) is 18.7. The fraction of sp³-hybridized carbons (Fsp3) is 0.333. The van der Waals surface area contributed by atoms with Crippen LogP contribution in [0.5, 0.6) is 17.2 Å². The van der Waals surface area contributed by atoms with E-state index >= 15 is 0 Å². The lowest BCUT2D eigenvalue weighted by atomic mass is 10.0. The number of ether oxygens (including phenoxy) is 3. The third kappa shape index (κ3) is 4.50. The molecule has 164 valence electrons. The number of methoxy groups -OCH3 is 2. The molecule has 1 heterocycles. The monoisotopic (exact) mass is 424 g/mol. The molecule has 0 aliphatic carbocycles. The first-order valence-corrected chi connectivity index (χ1v) is 10.1. The third-order valence-electron chi connectivity index (χ3n) is 4.80. The SMILES string of the molecule is COc1ccc(NC2=C(c3ccc(OC(C)C)cc3)C(=O)N(C(C)C)C2=O)cc1OC. The first-order chi connectivity index (χ1) is 14.8. The van der Waals surface area contributed by atoms with Gasteiger partial charge in [0.1, 0.15) is 11.4 Å². The molecule has 0 bridgehead atoms. The number of carbonyl (C=O) groups excluding carboxylic acids is 2. The molecule has 0 fully saturated rings. The Kier molecular flexibility index (Phi) is 6.53. The fourth-order valence-electron chi connectivity index (χ4n) is 3.43. The molecule has 0 aromatic heterocycles. The number of rotatable bonds is 8. The third-order valence-corrected chi connectivity index (χ3v) is 4.80. The van der Waals surface area contributed by atoms with Gasteiger partial charge in [0.2, 0.25) is 0 Å². The van der Waals surface area contributed by atoms with Gasteiger partial charge in [-0.25, -0.2) is 0 Å². The predicted octanol–water partition coefficient (Wildman–Crippen LogP) is 4.09. The van der Waals surface area contributed by atoms with Crippen LogP contribution in [0.3, 0.4) is 0 Å². The second kappa shape index (κ2) is 9.12. The molecule has 0 saturated carbocycles. The quantitative estimate of drug-likeness (QED) is 0.643. The average Bonchev–Trinajstić information content (AvgIpc) is 2.97. The van der Waals surface area contributed by atoms with E-state index in [0.717, 1.165) is 0 Å². The lowest BCUT2D eigenvalue weighted by Gasteiger charge is -2.19. The van der Waals surface area contributed by atoms with Crippen molar-refractivity contribution >= 4 is 23.1 Å². The van der Waals surface area contributed by atoms with Crippen molar-refractivity contribution in [2.75, 3.05) is 19.5 Å². The van der Waals surface area contributed by atoms with Gasteiger partial charge in [-0.15, -0.1) is 0 Å². The fourth-order valence-corrected chi connectivity index (χ4v) is 3.43. The minimum Gasteiger partial charge on any atom is -0.493 e. The normalized spacial score (nSPS) is 14.0. The second-order valence-corrected chi connectivity index (χ2v) is 7.71. The van der Waals surface area contributed by atoms with Crippen LogP contribution in [0.2, 0.25) is 0 Å². The molecule has 2 aromatic rings. The van der Waals surface area contributed by atoms with Crippen molar-refractivity contribution in [3.05, 3.63) is 53.7 Å². The molecule has 0 radical (unpaired) electrons. The van der Waals surface area contributed by atoms with Gasteiger partial charge in [-0.3, -0.25) is 14.5 Å². The number of nitrogens with one attached hydrogen (secondary N) is 1. The summed E-state index contributed by atoms with van der Waals surface area (Å²) in [7, 11) is 3.09. The summed E-state index contributed by atoms with van der Waals surface area (Å²) in [5.74, 6) is 1.09. The Hall–Kier alpha value is -3.48. The van der Waals surface area contributed by atoms with E-state index in [-0.39, 0.29) is 29.7 Å². The summed E-state index contributed by atoms with van der Waals surface area (Å²) >= 11 is 0. The predicted molar refractivity (Wildman–Crippen MR) is 119 cm³/mol. The Morgan fingerprint density at radius 2 is 1.48 bits per heavy atom. The number of nitrogens with zero attached hydrogens (tertiary/aromatic N) is 1. The topological polar surface area (TPSA) is 77.1 Å².